The Bertz CT molecular complexity index is 282. The molecule has 1 amide bonds. The van der Waals surface area contributed by atoms with Crippen molar-refractivity contribution in [3.63, 3.8) is 0 Å². The Balaban J connectivity index is 2.02. The van der Waals surface area contributed by atoms with Gasteiger partial charge >= 0.3 is 0 Å². The number of hydrogen-bond donors (Lipinski definition) is 1. The lowest BCUT2D eigenvalue weighted by Gasteiger charge is -2.48. The van der Waals surface area contributed by atoms with Crippen molar-refractivity contribution in [3.05, 3.63) is 0 Å². The van der Waals surface area contributed by atoms with Crippen molar-refractivity contribution in [2.24, 2.45) is 5.92 Å². The summed E-state index contributed by atoms with van der Waals surface area (Å²) in [4.78, 5) is 16.7. The maximum atomic E-state index is 12.3. The number of hydrogen-bond acceptors (Lipinski definition) is 3. The third-order valence-corrected chi connectivity index (χ3v) is 4.16. The summed E-state index contributed by atoms with van der Waals surface area (Å²) in [5.74, 6) is 0.909. The molecule has 0 aliphatic carbocycles. The minimum atomic E-state index is 0.0469. The number of carbonyl (C=O) groups is 1. The molecule has 0 aromatic rings. The first-order valence-electron chi connectivity index (χ1n) is 6.91. The van der Waals surface area contributed by atoms with Crippen molar-refractivity contribution in [2.45, 2.75) is 45.8 Å². The molecular weight excluding hydrogens is 214 g/mol. The normalized spacial score (nSPS) is 32.4. The lowest BCUT2D eigenvalue weighted by Crippen LogP contribution is -2.67. The van der Waals surface area contributed by atoms with Crippen molar-refractivity contribution < 1.29 is 4.79 Å². The van der Waals surface area contributed by atoms with Crippen LogP contribution in [0.4, 0.5) is 0 Å². The minimum Gasteiger partial charge on any atom is -0.338 e. The van der Waals surface area contributed by atoms with Gasteiger partial charge in [0.1, 0.15) is 0 Å². The Morgan fingerprint density at radius 1 is 1.53 bits per heavy atom. The van der Waals surface area contributed by atoms with E-state index < -0.39 is 0 Å². The van der Waals surface area contributed by atoms with Gasteiger partial charge in [-0.05, 0) is 25.8 Å². The van der Waals surface area contributed by atoms with Crippen LogP contribution in [0.5, 0.6) is 0 Å². The van der Waals surface area contributed by atoms with Crippen molar-refractivity contribution in [1.82, 2.24) is 15.1 Å². The minimum absolute atomic E-state index is 0.0469. The second-order valence-electron chi connectivity index (χ2n) is 5.49. The van der Waals surface area contributed by atoms with Gasteiger partial charge < -0.3 is 10.2 Å². The van der Waals surface area contributed by atoms with E-state index in [1.807, 2.05) is 6.92 Å². The molecule has 0 aromatic heterocycles. The van der Waals surface area contributed by atoms with Crippen LogP contribution in [0, 0.1) is 5.92 Å². The highest BCUT2D eigenvalue weighted by molar-refractivity contribution is 5.82. The molecule has 2 rings (SSSR count). The molecule has 0 saturated carbocycles. The van der Waals surface area contributed by atoms with E-state index in [9.17, 15) is 4.79 Å². The smallest absolute Gasteiger partial charge is 0.239 e. The van der Waals surface area contributed by atoms with Crippen LogP contribution >= 0.6 is 0 Å². The van der Waals surface area contributed by atoms with E-state index in [0.29, 0.717) is 18.0 Å². The monoisotopic (exact) mass is 239 g/mol. The fourth-order valence-electron chi connectivity index (χ4n) is 2.81. The predicted octanol–water partition coefficient (Wildman–Crippen LogP) is 0.885. The summed E-state index contributed by atoms with van der Waals surface area (Å²) < 4.78 is 0. The van der Waals surface area contributed by atoms with Gasteiger partial charge in [-0.15, -0.1) is 0 Å². The first-order chi connectivity index (χ1) is 8.13. The zero-order valence-electron chi connectivity index (χ0n) is 11.3. The molecule has 4 nitrogen and oxygen atoms in total. The lowest BCUT2D eigenvalue weighted by atomic mass is 10.0. The topological polar surface area (TPSA) is 35.6 Å². The molecule has 98 valence electrons. The third-order valence-electron chi connectivity index (χ3n) is 4.16. The highest BCUT2D eigenvalue weighted by atomic mass is 16.2. The summed E-state index contributed by atoms with van der Waals surface area (Å²) >= 11 is 0. The van der Waals surface area contributed by atoms with E-state index in [2.05, 4.69) is 29.0 Å². The molecule has 3 atom stereocenters. The van der Waals surface area contributed by atoms with Crippen LogP contribution in [0.3, 0.4) is 0 Å². The highest BCUT2D eigenvalue weighted by Crippen LogP contribution is 2.20. The maximum Gasteiger partial charge on any atom is 0.239 e. The van der Waals surface area contributed by atoms with Crippen molar-refractivity contribution in [2.75, 3.05) is 26.2 Å². The molecule has 2 fully saturated rings. The van der Waals surface area contributed by atoms with Gasteiger partial charge in [0.25, 0.3) is 0 Å². The molecule has 0 radical (unpaired) electrons. The van der Waals surface area contributed by atoms with Crippen LogP contribution < -0.4 is 5.32 Å². The molecule has 0 spiro atoms. The number of amides is 1. The molecule has 0 aromatic carbocycles. The zero-order chi connectivity index (χ0) is 12.4. The number of piperazine rings is 1. The Labute approximate surface area is 104 Å². The molecule has 0 bridgehead atoms. The second kappa shape index (κ2) is 5.36. The molecular formula is C13H25N3O. The molecule has 17 heavy (non-hydrogen) atoms. The van der Waals surface area contributed by atoms with E-state index in [4.69, 9.17) is 0 Å². The van der Waals surface area contributed by atoms with Crippen LogP contribution in [-0.2, 0) is 4.79 Å². The molecule has 2 aliphatic heterocycles. The number of nitrogens with one attached hydrogen (secondary N) is 1. The van der Waals surface area contributed by atoms with Crippen molar-refractivity contribution in [1.29, 1.82) is 0 Å². The summed E-state index contributed by atoms with van der Waals surface area (Å²) in [6.07, 6.45) is 2.67. The fourth-order valence-corrected chi connectivity index (χ4v) is 2.81. The molecule has 2 unspecified atom stereocenters. The summed E-state index contributed by atoms with van der Waals surface area (Å²) in [6.45, 7) is 10.4. The average Bonchev–Trinajstić information content (AvgIpc) is 2.35. The molecule has 2 aliphatic rings. The fraction of sp³-hybridized carbons (Fsp3) is 0.923. The van der Waals surface area contributed by atoms with E-state index in [1.54, 1.807) is 0 Å². The zero-order valence-corrected chi connectivity index (χ0v) is 11.3. The van der Waals surface area contributed by atoms with E-state index in [0.717, 1.165) is 39.0 Å². The van der Waals surface area contributed by atoms with Gasteiger partial charge in [0.15, 0.2) is 0 Å². The first kappa shape index (κ1) is 12.8. The van der Waals surface area contributed by atoms with Gasteiger partial charge in [-0.3, -0.25) is 9.69 Å². The van der Waals surface area contributed by atoms with Gasteiger partial charge in [-0.25, -0.2) is 0 Å². The molecule has 2 heterocycles. The van der Waals surface area contributed by atoms with Crippen molar-refractivity contribution >= 4 is 5.91 Å². The Kier molecular flexibility index (Phi) is 4.05. The van der Waals surface area contributed by atoms with Gasteiger partial charge in [0.05, 0.1) is 12.2 Å². The number of rotatable bonds is 3. The van der Waals surface area contributed by atoms with Crippen LogP contribution in [0.1, 0.15) is 33.6 Å². The van der Waals surface area contributed by atoms with Crippen LogP contribution in [0.2, 0.25) is 0 Å². The Morgan fingerprint density at radius 3 is 3.00 bits per heavy atom. The van der Waals surface area contributed by atoms with Gasteiger partial charge in [-0.2, -0.15) is 0 Å². The summed E-state index contributed by atoms with van der Waals surface area (Å²) in [5.41, 5.74) is 0. The quantitative estimate of drug-likeness (QED) is 0.794. The average molecular weight is 239 g/mol. The second-order valence-corrected chi connectivity index (χ2v) is 5.49. The van der Waals surface area contributed by atoms with Gasteiger partial charge in [0.2, 0.25) is 5.91 Å². The number of fused-ring (bicyclic) bond motifs is 1. The lowest BCUT2D eigenvalue weighted by molar-refractivity contribution is -0.147. The van der Waals surface area contributed by atoms with Gasteiger partial charge in [0, 0.05) is 19.6 Å². The maximum absolute atomic E-state index is 12.3. The van der Waals surface area contributed by atoms with E-state index in [1.165, 1.54) is 0 Å². The Hall–Kier alpha value is -0.610. The first-order valence-corrected chi connectivity index (χ1v) is 6.91. The SMILES string of the molecule is CCC(C)CN1CC2NCCCN2[C@@H](C)C1=O. The third kappa shape index (κ3) is 2.63. The Morgan fingerprint density at radius 2 is 2.29 bits per heavy atom. The standard InChI is InChI=1S/C13H25N3O/c1-4-10(2)8-15-9-12-14-6-5-7-16(12)11(3)13(15)17/h10-12,14H,4-9H2,1-3H3/t10?,11-,12?/m0/s1. The van der Waals surface area contributed by atoms with Gasteiger partial charge in [-0.1, -0.05) is 20.3 Å². The summed E-state index contributed by atoms with van der Waals surface area (Å²) in [7, 11) is 0. The number of carbonyl (C=O) groups excluding carboxylic acids is 1. The molecule has 2 saturated heterocycles. The molecule has 4 heteroatoms. The highest BCUT2D eigenvalue weighted by Gasteiger charge is 2.38. The van der Waals surface area contributed by atoms with E-state index >= 15 is 0 Å². The van der Waals surface area contributed by atoms with Crippen LogP contribution in [0.15, 0.2) is 0 Å². The van der Waals surface area contributed by atoms with Crippen LogP contribution in [-0.4, -0.2) is 54.1 Å². The number of nitrogens with zero attached hydrogens (tertiary/aromatic N) is 2. The summed E-state index contributed by atoms with van der Waals surface area (Å²) in [6, 6.07) is 0.0469. The van der Waals surface area contributed by atoms with Crippen LogP contribution in [0.25, 0.3) is 0 Å². The van der Waals surface area contributed by atoms with Crippen molar-refractivity contribution in [3.8, 4) is 0 Å². The molecule has 1 N–H and O–H groups in total. The predicted molar refractivity (Wildman–Crippen MR) is 68.6 cm³/mol. The summed E-state index contributed by atoms with van der Waals surface area (Å²) in [5, 5.41) is 3.53. The largest absolute Gasteiger partial charge is 0.338 e. The van der Waals surface area contributed by atoms with E-state index in [-0.39, 0.29) is 6.04 Å².